The summed E-state index contributed by atoms with van der Waals surface area (Å²) in [4.78, 5) is 39.1. The Morgan fingerprint density at radius 2 is 1.39 bits per heavy atom. The number of amides is 2. The zero-order valence-corrected chi connectivity index (χ0v) is 25.3. The third kappa shape index (κ3) is 8.99. The molecule has 224 valence electrons. The molecule has 0 aliphatic carbocycles. The zero-order chi connectivity index (χ0) is 29.7. The number of esters is 1. The highest BCUT2D eigenvalue weighted by Gasteiger charge is 2.34. The van der Waals surface area contributed by atoms with E-state index in [1.165, 1.54) is 55.9 Å². The first-order valence-electron chi connectivity index (χ1n) is 15.3. The van der Waals surface area contributed by atoms with Gasteiger partial charge in [-0.25, -0.2) is 13.2 Å². The summed E-state index contributed by atoms with van der Waals surface area (Å²) in [5.41, 5.74) is 0.701. The van der Waals surface area contributed by atoms with Crippen molar-refractivity contribution in [2.24, 2.45) is 0 Å². The Balaban J connectivity index is 1.56. The van der Waals surface area contributed by atoms with Crippen molar-refractivity contribution in [1.82, 2.24) is 4.90 Å². The van der Waals surface area contributed by atoms with E-state index < -0.39 is 27.6 Å². The van der Waals surface area contributed by atoms with E-state index in [-0.39, 0.29) is 23.8 Å². The van der Waals surface area contributed by atoms with Crippen LogP contribution in [0.5, 0.6) is 0 Å². The third-order valence-electron chi connectivity index (χ3n) is 7.74. The Bertz CT molecular complexity index is 1290. The van der Waals surface area contributed by atoms with Crippen molar-refractivity contribution in [3.8, 4) is 0 Å². The number of rotatable bonds is 20. The van der Waals surface area contributed by atoms with Crippen LogP contribution in [0.15, 0.2) is 47.9 Å². The normalized spacial score (nSPS) is 13.1. The zero-order valence-electron chi connectivity index (χ0n) is 24.5. The number of ether oxygens (including phenoxy) is 1. The van der Waals surface area contributed by atoms with Crippen LogP contribution in [0.3, 0.4) is 0 Å². The van der Waals surface area contributed by atoms with Crippen LogP contribution in [-0.2, 0) is 19.4 Å². The number of unbranched alkanes of at least 4 members (excludes halogenated alkanes) is 12. The maximum absolute atomic E-state index is 13.3. The van der Waals surface area contributed by atoms with Crippen molar-refractivity contribution < 1.29 is 27.5 Å². The van der Waals surface area contributed by atoms with Gasteiger partial charge >= 0.3 is 5.97 Å². The number of nitrogens with zero attached hydrogens (tertiary/aromatic N) is 1. The van der Waals surface area contributed by atoms with Gasteiger partial charge in [-0.3, -0.25) is 14.5 Å². The molecule has 3 rings (SSSR count). The molecule has 8 heteroatoms. The van der Waals surface area contributed by atoms with E-state index >= 15 is 0 Å². The molecule has 0 aromatic heterocycles. The van der Waals surface area contributed by atoms with Gasteiger partial charge in [0.25, 0.3) is 11.8 Å². The molecule has 0 bridgehead atoms. The molecule has 0 radical (unpaired) electrons. The van der Waals surface area contributed by atoms with Crippen LogP contribution < -0.4 is 0 Å². The van der Waals surface area contributed by atoms with Crippen molar-refractivity contribution in [3.63, 3.8) is 0 Å². The summed E-state index contributed by atoms with van der Waals surface area (Å²) in [6, 6.07) is 8.10. The number of sulfone groups is 1. The minimum absolute atomic E-state index is 0.0544. The predicted molar refractivity (Wildman–Crippen MR) is 163 cm³/mol. The van der Waals surface area contributed by atoms with Crippen LogP contribution in [0.2, 0.25) is 0 Å². The fraction of sp³-hybridized carbons (Fsp3) is 0.545. The molecule has 1 aliphatic heterocycles. The second-order valence-electron chi connectivity index (χ2n) is 10.9. The molecule has 2 aromatic carbocycles. The van der Waals surface area contributed by atoms with Gasteiger partial charge < -0.3 is 4.74 Å². The first-order chi connectivity index (χ1) is 19.8. The van der Waals surface area contributed by atoms with E-state index in [0.717, 1.165) is 25.3 Å². The summed E-state index contributed by atoms with van der Waals surface area (Å²) in [5, 5.41) is 0.864. The minimum atomic E-state index is -3.57. The topological polar surface area (TPSA) is 97.8 Å². The van der Waals surface area contributed by atoms with Gasteiger partial charge in [-0.2, -0.15) is 0 Å². The number of benzene rings is 2. The lowest BCUT2D eigenvalue weighted by Gasteiger charge is -2.27. The summed E-state index contributed by atoms with van der Waals surface area (Å²) in [5.74, 6) is -1.24. The van der Waals surface area contributed by atoms with Crippen LogP contribution in [0.4, 0.5) is 0 Å². The molecular formula is C33H45NO6S. The van der Waals surface area contributed by atoms with Crippen LogP contribution in [0.1, 0.15) is 118 Å². The number of carbonyl (C=O) groups is 3. The molecule has 7 nitrogen and oxygen atoms in total. The molecule has 0 saturated carbocycles. The largest absolute Gasteiger partial charge is 0.463 e. The maximum Gasteiger partial charge on any atom is 0.330 e. The maximum atomic E-state index is 13.3. The molecule has 0 atom stereocenters. The molecule has 0 unspecified atom stereocenters. The highest BCUT2D eigenvalue weighted by Crippen LogP contribution is 2.34. The van der Waals surface area contributed by atoms with Gasteiger partial charge in [0, 0.05) is 34.5 Å². The average molecular weight is 584 g/mol. The second kappa shape index (κ2) is 16.4. The van der Waals surface area contributed by atoms with E-state index in [2.05, 4.69) is 13.5 Å². The van der Waals surface area contributed by atoms with Crippen LogP contribution >= 0.6 is 0 Å². The molecule has 2 aromatic rings. The highest BCUT2D eigenvalue weighted by molar-refractivity contribution is 7.91. The molecule has 0 N–H and O–H groups in total. The van der Waals surface area contributed by atoms with E-state index in [4.69, 9.17) is 4.74 Å². The second-order valence-corrected chi connectivity index (χ2v) is 13.0. The standard InChI is InChI=1S/C33H45NO6S/c1-3-5-6-7-8-9-10-11-12-13-17-25-41(38,39)29-22-21-28-31-26(29)19-18-20-27(31)32(36)34(33(28)37)23-15-14-16-24-40-30(35)4-2/h4,18-22H,2-3,5-17,23-25H2,1H3. The minimum Gasteiger partial charge on any atom is -0.463 e. The lowest BCUT2D eigenvalue weighted by Crippen LogP contribution is -2.41. The first-order valence-corrected chi connectivity index (χ1v) is 16.9. The summed E-state index contributed by atoms with van der Waals surface area (Å²) < 4.78 is 31.6. The smallest absolute Gasteiger partial charge is 0.330 e. The molecular weight excluding hydrogens is 538 g/mol. The van der Waals surface area contributed by atoms with Crippen LogP contribution in [0.25, 0.3) is 10.8 Å². The molecule has 2 amide bonds. The van der Waals surface area contributed by atoms with E-state index in [1.807, 2.05) is 0 Å². The molecule has 1 heterocycles. The van der Waals surface area contributed by atoms with Crippen LogP contribution in [0, 0.1) is 0 Å². The van der Waals surface area contributed by atoms with Gasteiger partial charge in [-0.15, -0.1) is 0 Å². The summed E-state index contributed by atoms with van der Waals surface area (Å²) >= 11 is 0. The first kappa shape index (κ1) is 32.5. The number of hydrogen-bond donors (Lipinski definition) is 0. The van der Waals surface area contributed by atoms with Crippen molar-refractivity contribution in [1.29, 1.82) is 0 Å². The quantitative estimate of drug-likeness (QED) is 0.0696. The molecule has 1 aliphatic rings. The van der Waals surface area contributed by atoms with Crippen molar-refractivity contribution in [2.75, 3.05) is 18.9 Å². The van der Waals surface area contributed by atoms with Crippen molar-refractivity contribution >= 4 is 38.4 Å². The van der Waals surface area contributed by atoms with Gasteiger partial charge in [0.1, 0.15) is 0 Å². The molecule has 0 spiro atoms. The Hall–Kier alpha value is -3.00. The Kier molecular flexibility index (Phi) is 13.0. The third-order valence-corrected chi connectivity index (χ3v) is 9.59. The van der Waals surface area contributed by atoms with E-state index in [0.29, 0.717) is 47.6 Å². The number of carbonyl (C=O) groups excluding carboxylic acids is 3. The lowest BCUT2D eigenvalue weighted by molar-refractivity contribution is -0.137. The van der Waals surface area contributed by atoms with Gasteiger partial charge in [0.2, 0.25) is 0 Å². The molecule has 0 saturated heterocycles. The Morgan fingerprint density at radius 1 is 0.805 bits per heavy atom. The molecule has 0 fully saturated rings. The van der Waals surface area contributed by atoms with Crippen molar-refractivity contribution in [2.45, 2.75) is 102 Å². The summed E-state index contributed by atoms with van der Waals surface area (Å²) in [6.45, 7) is 6.07. The van der Waals surface area contributed by atoms with Gasteiger partial charge in [0.15, 0.2) is 9.84 Å². The van der Waals surface area contributed by atoms with Gasteiger partial charge in [0.05, 0.1) is 17.3 Å². The fourth-order valence-electron chi connectivity index (χ4n) is 5.44. The number of hydrogen-bond acceptors (Lipinski definition) is 6. The Morgan fingerprint density at radius 3 is 2.02 bits per heavy atom. The van der Waals surface area contributed by atoms with E-state index in [9.17, 15) is 22.8 Å². The molecule has 41 heavy (non-hydrogen) atoms. The Labute approximate surface area is 245 Å². The van der Waals surface area contributed by atoms with Gasteiger partial charge in [-0.1, -0.05) is 89.8 Å². The summed E-state index contributed by atoms with van der Waals surface area (Å²) in [7, 11) is -3.57. The fourth-order valence-corrected chi connectivity index (χ4v) is 7.03. The summed E-state index contributed by atoms with van der Waals surface area (Å²) in [6.07, 6.45) is 15.6. The van der Waals surface area contributed by atoms with Gasteiger partial charge in [-0.05, 0) is 43.9 Å². The van der Waals surface area contributed by atoms with Crippen LogP contribution in [-0.4, -0.2) is 50.0 Å². The highest BCUT2D eigenvalue weighted by atomic mass is 32.2. The monoisotopic (exact) mass is 583 g/mol. The van der Waals surface area contributed by atoms with E-state index in [1.54, 1.807) is 24.3 Å². The SMILES string of the molecule is C=CC(=O)OCCCCCN1C(=O)c2cccc3c(S(=O)(=O)CCCCCCCCCCCCC)ccc(c23)C1=O. The predicted octanol–water partition coefficient (Wildman–Crippen LogP) is 7.42. The number of imide groups is 1. The lowest BCUT2D eigenvalue weighted by atomic mass is 9.94. The van der Waals surface area contributed by atoms with Crippen molar-refractivity contribution in [3.05, 3.63) is 54.1 Å². The average Bonchev–Trinajstić information content (AvgIpc) is 2.97.